The lowest BCUT2D eigenvalue weighted by atomic mass is 10.1. The van der Waals surface area contributed by atoms with Crippen molar-refractivity contribution in [3.05, 3.63) is 54.1 Å². The maximum absolute atomic E-state index is 12.6. The number of benzene rings is 2. The summed E-state index contributed by atoms with van der Waals surface area (Å²) in [5, 5.41) is 10.9. The molecule has 0 aliphatic rings. The van der Waals surface area contributed by atoms with Crippen molar-refractivity contribution >= 4 is 29.1 Å². The van der Waals surface area contributed by atoms with Crippen molar-refractivity contribution in [3.8, 4) is 17.1 Å². The quantitative estimate of drug-likeness (QED) is 0.349. The summed E-state index contributed by atoms with van der Waals surface area (Å²) >= 11 is 1.18. The summed E-state index contributed by atoms with van der Waals surface area (Å²) in [7, 11) is 1.59. The number of nitrogens with zero attached hydrogens (tertiary/aromatic N) is 3. The maximum Gasteiger partial charge on any atom is 0.237 e. The number of nitrogens with two attached hydrogens (primary N) is 1. The van der Waals surface area contributed by atoms with Crippen LogP contribution in [0.4, 0.5) is 5.69 Å². The zero-order valence-corrected chi connectivity index (χ0v) is 17.1. The van der Waals surface area contributed by atoms with Crippen LogP contribution in [0.5, 0.6) is 5.75 Å². The monoisotopic (exact) mass is 411 g/mol. The zero-order chi connectivity index (χ0) is 21.0. The van der Waals surface area contributed by atoms with E-state index in [0.717, 1.165) is 11.3 Å². The summed E-state index contributed by atoms with van der Waals surface area (Å²) in [4.78, 5) is 24.3. The fraction of sp³-hybridized carbons (Fsp3) is 0.200. The molecule has 1 atom stereocenters. The number of carbonyl (C=O) groups is 2. The fourth-order valence-electron chi connectivity index (χ4n) is 2.64. The van der Waals surface area contributed by atoms with Crippen LogP contribution in [-0.2, 0) is 4.79 Å². The number of ether oxygens (including phenoxy) is 1. The SMILES string of the molecule is COc1ccc(-c2nnc(S[C@@H](C)C(=O)Nc3ccccc3C(C)=O)n2N)cc1. The summed E-state index contributed by atoms with van der Waals surface area (Å²) < 4.78 is 6.49. The number of Topliss-reactive ketones (excluding diaryl/α,β-unsaturated/α-hetero) is 1. The summed E-state index contributed by atoms with van der Waals surface area (Å²) in [6.07, 6.45) is 0. The number of para-hydroxylation sites is 1. The van der Waals surface area contributed by atoms with Gasteiger partial charge in [-0.3, -0.25) is 9.59 Å². The molecule has 3 aromatic rings. The molecule has 9 heteroatoms. The Hall–Kier alpha value is -3.33. The average Bonchev–Trinajstić information content (AvgIpc) is 3.08. The van der Waals surface area contributed by atoms with E-state index < -0.39 is 5.25 Å². The molecule has 0 aliphatic heterocycles. The van der Waals surface area contributed by atoms with Gasteiger partial charge in [0.1, 0.15) is 5.75 Å². The number of amides is 1. The van der Waals surface area contributed by atoms with Gasteiger partial charge < -0.3 is 15.9 Å². The van der Waals surface area contributed by atoms with Crippen LogP contribution in [0.1, 0.15) is 24.2 Å². The molecule has 2 aromatic carbocycles. The highest BCUT2D eigenvalue weighted by Crippen LogP contribution is 2.27. The molecule has 0 spiro atoms. The van der Waals surface area contributed by atoms with Gasteiger partial charge in [-0.1, -0.05) is 23.9 Å². The summed E-state index contributed by atoms with van der Waals surface area (Å²) in [5.74, 6) is 6.95. The van der Waals surface area contributed by atoms with E-state index in [0.29, 0.717) is 22.2 Å². The number of hydrogen-bond acceptors (Lipinski definition) is 7. The van der Waals surface area contributed by atoms with Crippen LogP contribution in [0.15, 0.2) is 53.7 Å². The minimum Gasteiger partial charge on any atom is -0.497 e. The molecule has 0 saturated heterocycles. The Kier molecular flexibility index (Phi) is 6.18. The Morgan fingerprint density at radius 3 is 2.48 bits per heavy atom. The number of ketones is 1. The van der Waals surface area contributed by atoms with Crippen LogP contribution >= 0.6 is 11.8 Å². The van der Waals surface area contributed by atoms with Crippen molar-refractivity contribution in [2.75, 3.05) is 18.3 Å². The molecule has 1 heterocycles. The highest BCUT2D eigenvalue weighted by Gasteiger charge is 2.21. The summed E-state index contributed by atoms with van der Waals surface area (Å²) in [6.45, 7) is 3.19. The van der Waals surface area contributed by atoms with E-state index in [4.69, 9.17) is 10.6 Å². The van der Waals surface area contributed by atoms with Crippen molar-refractivity contribution in [3.63, 3.8) is 0 Å². The van der Waals surface area contributed by atoms with E-state index in [9.17, 15) is 9.59 Å². The summed E-state index contributed by atoms with van der Waals surface area (Å²) in [6, 6.07) is 14.1. The van der Waals surface area contributed by atoms with Gasteiger partial charge in [0.2, 0.25) is 11.1 Å². The second-order valence-corrected chi connectivity index (χ2v) is 7.56. The van der Waals surface area contributed by atoms with Crippen LogP contribution in [0.3, 0.4) is 0 Å². The Labute approximate surface area is 172 Å². The van der Waals surface area contributed by atoms with Gasteiger partial charge >= 0.3 is 0 Å². The molecule has 0 unspecified atom stereocenters. The minimum absolute atomic E-state index is 0.118. The lowest BCUT2D eigenvalue weighted by Crippen LogP contribution is -2.24. The van der Waals surface area contributed by atoms with E-state index in [2.05, 4.69) is 15.5 Å². The molecule has 1 aromatic heterocycles. The molecule has 29 heavy (non-hydrogen) atoms. The Morgan fingerprint density at radius 2 is 1.83 bits per heavy atom. The van der Waals surface area contributed by atoms with E-state index in [-0.39, 0.29) is 11.7 Å². The highest BCUT2D eigenvalue weighted by atomic mass is 32.2. The third kappa shape index (κ3) is 4.57. The van der Waals surface area contributed by atoms with Gasteiger partial charge in [0, 0.05) is 11.1 Å². The number of anilines is 1. The summed E-state index contributed by atoms with van der Waals surface area (Å²) in [5.41, 5.74) is 1.72. The maximum atomic E-state index is 12.6. The van der Waals surface area contributed by atoms with Crippen molar-refractivity contribution in [2.24, 2.45) is 0 Å². The molecule has 0 fully saturated rings. The molecule has 150 valence electrons. The van der Waals surface area contributed by atoms with Crippen LogP contribution in [0, 0.1) is 0 Å². The van der Waals surface area contributed by atoms with E-state index in [1.807, 2.05) is 12.1 Å². The third-order valence-electron chi connectivity index (χ3n) is 4.23. The van der Waals surface area contributed by atoms with E-state index >= 15 is 0 Å². The largest absolute Gasteiger partial charge is 0.497 e. The second-order valence-electron chi connectivity index (χ2n) is 6.26. The second kappa shape index (κ2) is 8.78. The van der Waals surface area contributed by atoms with Crippen molar-refractivity contribution in [2.45, 2.75) is 24.3 Å². The van der Waals surface area contributed by atoms with E-state index in [1.54, 1.807) is 50.4 Å². The fourth-order valence-corrected chi connectivity index (χ4v) is 3.41. The first kappa shape index (κ1) is 20.4. The van der Waals surface area contributed by atoms with Crippen molar-refractivity contribution in [1.82, 2.24) is 14.9 Å². The van der Waals surface area contributed by atoms with Gasteiger partial charge in [-0.2, -0.15) is 0 Å². The third-order valence-corrected chi connectivity index (χ3v) is 5.29. The lowest BCUT2D eigenvalue weighted by molar-refractivity contribution is -0.115. The predicted octanol–water partition coefficient (Wildman–Crippen LogP) is 2.99. The van der Waals surface area contributed by atoms with Gasteiger partial charge in [-0.15, -0.1) is 10.2 Å². The van der Waals surface area contributed by atoms with Gasteiger partial charge in [0.05, 0.1) is 18.0 Å². The molecular formula is C20H21N5O3S. The standard InChI is InChI=1S/C20H21N5O3S/c1-12(26)16-6-4-5-7-17(16)22-19(27)13(2)29-20-24-23-18(25(20)21)14-8-10-15(28-3)11-9-14/h4-11,13H,21H2,1-3H3,(H,22,27)/t13-/m0/s1. The number of thioether (sulfide) groups is 1. The zero-order valence-electron chi connectivity index (χ0n) is 16.2. The van der Waals surface area contributed by atoms with Gasteiger partial charge in [-0.25, -0.2) is 4.68 Å². The molecule has 0 aliphatic carbocycles. The molecule has 0 radical (unpaired) electrons. The smallest absolute Gasteiger partial charge is 0.237 e. The molecule has 0 bridgehead atoms. The van der Waals surface area contributed by atoms with E-state index in [1.165, 1.54) is 23.4 Å². The molecule has 3 N–H and O–H groups in total. The normalized spacial score (nSPS) is 11.7. The molecular weight excluding hydrogens is 390 g/mol. The Balaban J connectivity index is 1.72. The number of nitrogen functional groups attached to an aromatic ring is 1. The van der Waals surface area contributed by atoms with Gasteiger partial charge in [0.25, 0.3) is 0 Å². The predicted molar refractivity (Wildman–Crippen MR) is 113 cm³/mol. The first-order chi connectivity index (χ1) is 13.9. The van der Waals surface area contributed by atoms with Crippen molar-refractivity contribution < 1.29 is 14.3 Å². The van der Waals surface area contributed by atoms with Gasteiger partial charge in [0.15, 0.2) is 11.6 Å². The lowest BCUT2D eigenvalue weighted by Gasteiger charge is -2.13. The molecule has 3 rings (SSSR count). The number of rotatable bonds is 7. The number of carbonyl (C=O) groups excluding carboxylic acids is 2. The van der Waals surface area contributed by atoms with Crippen LogP contribution in [0.25, 0.3) is 11.4 Å². The molecule has 8 nitrogen and oxygen atoms in total. The van der Waals surface area contributed by atoms with Crippen molar-refractivity contribution in [1.29, 1.82) is 0 Å². The van der Waals surface area contributed by atoms with Crippen LogP contribution in [0.2, 0.25) is 0 Å². The Bertz CT molecular complexity index is 1030. The van der Waals surface area contributed by atoms with Crippen LogP contribution in [-0.4, -0.2) is 38.9 Å². The first-order valence-corrected chi connectivity index (χ1v) is 9.71. The first-order valence-electron chi connectivity index (χ1n) is 8.83. The molecule has 1 amide bonds. The van der Waals surface area contributed by atoms with Crippen LogP contribution < -0.4 is 15.9 Å². The molecule has 0 saturated carbocycles. The number of methoxy groups -OCH3 is 1. The average molecular weight is 411 g/mol. The number of aromatic nitrogens is 3. The number of hydrogen-bond donors (Lipinski definition) is 2. The minimum atomic E-state index is -0.509. The number of nitrogens with one attached hydrogen (secondary N) is 1. The topological polar surface area (TPSA) is 112 Å². The van der Waals surface area contributed by atoms with Gasteiger partial charge in [-0.05, 0) is 50.2 Å². The Morgan fingerprint density at radius 1 is 1.14 bits per heavy atom. The highest BCUT2D eigenvalue weighted by molar-refractivity contribution is 8.00.